The van der Waals surface area contributed by atoms with Crippen LogP contribution in [0.5, 0.6) is 0 Å². The number of hydrogen-bond donors (Lipinski definition) is 0. The fourth-order valence-electron chi connectivity index (χ4n) is 12.6. The molecular weight excluding hydrogens is 1030 g/mol. The van der Waals surface area contributed by atoms with Crippen LogP contribution in [0.2, 0.25) is 0 Å². The van der Waals surface area contributed by atoms with Gasteiger partial charge in [0.15, 0.2) is 0 Å². The van der Waals surface area contributed by atoms with Gasteiger partial charge in [-0.25, -0.2) is 0 Å². The quantitative estimate of drug-likeness (QED) is 0.0325. The molecule has 0 aliphatic carbocycles. The largest absolute Gasteiger partial charge is 0.311 e. The molecule has 0 saturated carbocycles. The van der Waals surface area contributed by atoms with E-state index in [9.17, 15) is 9.59 Å². The second-order valence-electron chi connectivity index (χ2n) is 22.7. The Morgan fingerprint density at radius 3 is 1.28 bits per heavy atom. The van der Waals surface area contributed by atoms with Crippen molar-refractivity contribution >= 4 is 121 Å². The molecule has 78 heavy (non-hydrogen) atoms. The molecule has 0 spiro atoms. The molecule has 0 fully saturated rings. The van der Waals surface area contributed by atoms with Gasteiger partial charge in [0.25, 0.3) is 11.8 Å². The van der Waals surface area contributed by atoms with Gasteiger partial charge in [-0.2, -0.15) is 0 Å². The molecule has 0 unspecified atom stereocenters. The van der Waals surface area contributed by atoms with Crippen LogP contribution >= 0.6 is 45.3 Å². The van der Waals surface area contributed by atoms with Gasteiger partial charge in [-0.3, -0.25) is 9.59 Å². The van der Waals surface area contributed by atoms with Gasteiger partial charge in [0.05, 0.1) is 22.5 Å². The number of fused-ring (bicyclic) bond motifs is 9. The van der Waals surface area contributed by atoms with Crippen LogP contribution in [0.4, 0.5) is 11.4 Å². The lowest BCUT2D eigenvalue weighted by atomic mass is 9.92. The zero-order valence-corrected chi connectivity index (χ0v) is 50.4. The molecule has 4 aromatic heterocycles. The number of unbranched alkanes of at least 4 members (excludes halogenated alkanes) is 18. The van der Waals surface area contributed by atoms with Crippen LogP contribution in [0.3, 0.4) is 0 Å². The van der Waals surface area contributed by atoms with Crippen LogP contribution in [-0.2, 0) is 22.4 Å². The summed E-state index contributed by atoms with van der Waals surface area (Å²) in [6.45, 7) is 9.01. The van der Waals surface area contributed by atoms with E-state index in [1.807, 2.05) is 54.2 Å². The SMILES string of the molecule is CCCCCCCCCCCCc1cc2c3cc(CCCCCCCCCCCC)c4cc(-c5ccc(-c6ccc7c(c6)N(C)C(=O)/C7=C6/C(=O)N(C)c7cc(-c8ccc(C)s8)ccc76)s5)sc4c3ccc2c2sc(C)cc12. The predicted octanol–water partition coefficient (Wildman–Crippen LogP) is 22.0. The second-order valence-corrected chi connectivity index (χ2v) is 27.3. The van der Waals surface area contributed by atoms with Crippen molar-refractivity contribution in [2.24, 2.45) is 0 Å². The average molecular weight is 1110 g/mol. The highest BCUT2D eigenvalue weighted by molar-refractivity contribution is 7.27. The van der Waals surface area contributed by atoms with Crippen molar-refractivity contribution in [2.45, 2.75) is 169 Å². The Bertz CT molecular complexity index is 3690. The van der Waals surface area contributed by atoms with Crippen molar-refractivity contribution in [3.05, 3.63) is 129 Å². The van der Waals surface area contributed by atoms with Crippen molar-refractivity contribution in [1.29, 1.82) is 0 Å². The number of likely N-dealkylation sites (N-methyl/N-ethyl adjacent to an activating group) is 2. The monoisotopic (exact) mass is 1110 g/mol. The van der Waals surface area contributed by atoms with E-state index in [4.69, 9.17) is 0 Å². The zero-order chi connectivity index (χ0) is 53.9. The summed E-state index contributed by atoms with van der Waals surface area (Å²) in [6, 6.07) is 36.4. The molecule has 0 bridgehead atoms. The van der Waals surface area contributed by atoms with Crippen molar-refractivity contribution in [2.75, 3.05) is 23.9 Å². The highest BCUT2D eigenvalue weighted by Crippen LogP contribution is 2.50. The van der Waals surface area contributed by atoms with Gasteiger partial charge in [0, 0.05) is 74.7 Å². The van der Waals surface area contributed by atoms with E-state index in [2.05, 4.69) is 119 Å². The van der Waals surface area contributed by atoms with Gasteiger partial charge in [-0.1, -0.05) is 166 Å². The first-order chi connectivity index (χ1) is 38.1. The Morgan fingerprint density at radius 1 is 0.359 bits per heavy atom. The smallest absolute Gasteiger partial charge is 0.259 e. The summed E-state index contributed by atoms with van der Waals surface area (Å²) < 4.78 is 2.87. The minimum Gasteiger partial charge on any atom is -0.311 e. The number of anilines is 2. The lowest BCUT2D eigenvalue weighted by molar-refractivity contribution is -0.114. The molecule has 404 valence electrons. The van der Waals surface area contributed by atoms with Crippen molar-refractivity contribution in [1.82, 2.24) is 0 Å². The topological polar surface area (TPSA) is 40.6 Å². The summed E-state index contributed by atoms with van der Waals surface area (Å²) in [5.74, 6) is -0.285. The molecule has 2 aliphatic rings. The highest BCUT2D eigenvalue weighted by atomic mass is 32.1. The van der Waals surface area contributed by atoms with E-state index in [0.717, 1.165) is 51.3 Å². The summed E-state index contributed by atoms with van der Waals surface area (Å²) >= 11 is 7.51. The first kappa shape index (κ1) is 54.6. The van der Waals surface area contributed by atoms with E-state index in [0.29, 0.717) is 11.1 Å². The predicted molar refractivity (Wildman–Crippen MR) is 345 cm³/mol. The van der Waals surface area contributed by atoms with E-state index in [1.165, 1.54) is 206 Å². The molecule has 0 saturated heterocycles. The Labute approximate surface area is 480 Å². The maximum absolute atomic E-state index is 14.3. The number of amides is 2. The number of benzene rings is 5. The molecule has 4 nitrogen and oxygen atoms in total. The second kappa shape index (κ2) is 24.5. The molecule has 11 rings (SSSR count). The van der Waals surface area contributed by atoms with Crippen LogP contribution < -0.4 is 9.80 Å². The number of nitrogens with zero attached hydrogens (tertiary/aromatic N) is 2. The van der Waals surface area contributed by atoms with Gasteiger partial charge in [0.1, 0.15) is 0 Å². The van der Waals surface area contributed by atoms with Gasteiger partial charge >= 0.3 is 0 Å². The molecule has 5 aromatic carbocycles. The molecule has 2 aliphatic heterocycles. The van der Waals surface area contributed by atoms with Gasteiger partial charge < -0.3 is 9.80 Å². The zero-order valence-electron chi connectivity index (χ0n) is 47.1. The lowest BCUT2D eigenvalue weighted by Crippen LogP contribution is -2.24. The Kier molecular flexibility index (Phi) is 17.2. The molecule has 6 heterocycles. The number of carbonyl (C=O) groups excluding carboxylic acids is 2. The lowest BCUT2D eigenvalue weighted by Gasteiger charge is -2.13. The summed E-state index contributed by atoms with van der Waals surface area (Å²) in [7, 11) is 3.66. The van der Waals surface area contributed by atoms with Crippen LogP contribution in [0.25, 0.3) is 83.5 Å². The third-order valence-corrected chi connectivity index (χ3v) is 21.6. The van der Waals surface area contributed by atoms with E-state index < -0.39 is 0 Å². The molecule has 8 heteroatoms. The summed E-state index contributed by atoms with van der Waals surface area (Å²) in [5.41, 5.74) is 9.44. The normalized spacial score (nSPS) is 14.5. The van der Waals surface area contributed by atoms with E-state index >= 15 is 0 Å². The number of aryl methyl sites for hydroxylation is 4. The fourth-order valence-corrected chi connectivity index (χ4v) is 16.9. The highest BCUT2D eigenvalue weighted by Gasteiger charge is 2.40. The Balaban J connectivity index is 0.894. The van der Waals surface area contributed by atoms with E-state index in [-0.39, 0.29) is 11.8 Å². The van der Waals surface area contributed by atoms with Crippen LogP contribution in [0.1, 0.15) is 174 Å². The van der Waals surface area contributed by atoms with Crippen molar-refractivity contribution < 1.29 is 9.59 Å². The van der Waals surface area contributed by atoms with Gasteiger partial charge in [-0.05, 0) is 144 Å². The Hall–Kier alpha value is -5.38. The third kappa shape index (κ3) is 11.1. The summed E-state index contributed by atoms with van der Waals surface area (Å²) in [6.07, 6.45) is 29.2. The minimum atomic E-state index is -0.143. The van der Waals surface area contributed by atoms with Crippen LogP contribution in [0, 0.1) is 13.8 Å². The standard InChI is InChI=1S/C70H78N2O2S4/c1-7-9-11-13-15-17-19-21-23-25-27-47-40-57-51(67-55(47)39-46(4)76-67)34-35-52-58(57)41-48(28-26-24-22-20-18-16-14-12-10-8-2)56-44-64(78-68(52)56)63-38-37-62(77-63)50-31-33-54-60(43-50)72(6)70(74)66(54)65-53-32-30-49(61-36-29-45(3)75-61)42-59(53)71(5)69(65)73/h29-44H,7-28H2,1-6H3/b66-65+. The van der Waals surface area contributed by atoms with Crippen LogP contribution in [-0.4, -0.2) is 25.9 Å². The first-order valence-electron chi connectivity index (χ1n) is 29.7. The maximum atomic E-state index is 14.3. The average Bonchev–Trinajstić information content (AvgIpc) is 4.47. The number of thiophene rings is 4. The first-order valence-corrected chi connectivity index (χ1v) is 33.0. The summed E-state index contributed by atoms with van der Waals surface area (Å²) in [4.78, 5) is 39.4. The number of rotatable bonds is 25. The molecule has 2 amide bonds. The van der Waals surface area contributed by atoms with Crippen molar-refractivity contribution in [3.8, 4) is 30.6 Å². The van der Waals surface area contributed by atoms with Gasteiger partial charge in [0.2, 0.25) is 0 Å². The third-order valence-electron chi connectivity index (χ3n) is 17.0. The molecule has 9 aromatic rings. The molecule has 0 atom stereocenters. The molecule has 0 N–H and O–H groups in total. The number of carbonyl (C=O) groups is 2. The summed E-state index contributed by atoms with van der Waals surface area (Å²) in [5, 5.41) is 8.50. The number of hydrogen-bond acceptors (Lipinski definition) is 6. The van der Waals surface area contributed by atoms with Gasteiger partial charge in [-0.15, -0.1) is 45.3 Å². The maximum Gasteiger partial charge on any atom is 0.259 e. The van der Waals surface area contributed by atoms with Crippen molar-refractivity contribution in [3.63, 3.8) is 0 Å². The minimum absolute atomic E-state index is 0.142. The van der Waals surface area contributed by atoms with E-state index in [1.54, 1.807) is 21.1 Å². The molecule has 0 radical (unpaired) electrons. The van der Waals surface area contributed by atoms with Crippen LogP contribution in [0.15, 0.2) is 97.1 Å². The fraction of sp³-hybridized carbons (Fsp3) is 0.400. The molecular formula is C70H78N2O2S4. The Morgan fingerprint density at radius 2 is 0.795 bits per heavy atom.